The normalized spacial score (nSPS) is 17.7. The van der Waals surface area contributed by atoms with Crippen LogP contribution in [0.25, 0.3) is 0 Å². The maximum atomic E-state index is 12.8. The second-order valence-corrected chi connectivity index (χ2v) is 8.12. The van der Waals surface area contributed by atoms with E-state index >= 15 is 0 Å². The van der Waals surface area contributed by atoms with Gasteiger partial charge in [0.15, 0.2) is 0 Å². The molecule has 0 saturated carbocycles. The molecule has 2 aromatic rings. The predicted molar refractivity (Wildman–Crippen MR) is 90.8 cm³/mol. The smallest absolute Gasteiger partial charge is 0.308 e. The third-order valence-corrected chi connectivity index (χ3v) is 6.01. The molecule has 3 rings (SSSR count). The third-order valence-electron chi connectivity index (χ3n) is 4.51. The molecule has 8 heteroatoms. The Kier molecular flexibility index (Phi) is 4.56. The minimum atomic E-state index is -5.42. The fraction of sp³-hybridized carbons (Fsp3) is 0.278. The van der Waals surface area contributed by atoms with Gasteiger partial charge < -0.3 is 4.90 Å². The van der Waals surface area contributed by atoms with Gasteiger partial charge in [0.25, 0.3) is 15.7 Å². The van der Waals surface area contributed by atoms with E-state index in [1.165, 1.54) is 0 Å². The number of alkyl halides is 3. The lowest BCUT2D eigenvalue weighted by molar-refractivity contribution is -0.0436. The number of anilines is 1. The molecule has 1 atom stereocenters. The number of sulfone groups is 1. The Morgan fingerprint density at radius 3 is 2.31 bits per heavy atom. The van der Waals surface area contributed by atoms with E-state index in [4.69, 9.17) is 0 Å². The summed E-state index contributed by atoms with van der Waals surface area (Å²) in [7, 11) is -5.42. The van der Waals surface area contributed by atoms with Crippen molar-refractivity contribution in [2.45, 2.75) is 29.7 Å². The third kappa shape index (κ3) is 3.09. The highest BCUT2D eigenvalue weighted by molar-refractivity contribution is 7.92. The molecule has 0 bridgehead atoms. The molecule has 0 spiro atoms. The lowest BCUT2D eigenvalue weighted by Gasteiger charge is -2.33. The van der Waals surface area contributed by atoms with Crippen LogP contribution in [0.4, 0.5) is 18.9 Å². The number of rotatable bonds is 2. The first kappa shape index (κ1) is 18.4. The zero-order valence-corrected chi connectivity index (χ0v) is 14.6. The van der Waals surface area contributed by atoms with Crippen LogP contribution in [0, 0.1) is 0 Å². The molecule has 1 amide bonds. The minimum absolute atomic E-state index is 0.135. The quantitative estimate of drug-likeness (QED) is 0.783. The lowest BCUT2D eigenvalue weighted by atomic mass is 9.91. The van der Waals surface area contributed by atoms with E-state index in [2.05, 4.69) is 6.92 Å². The summed E-state index contributed by atoms with van der Waals surface area (Å²) in [6, 6.07) is 11.3. The molecular formula is C18H16F3NO3S. The number of carbonyl (C=O) groups is 1. The molecule has 0 N–H and O–H groups in total. The summed E-state index contributed by atoms with van der Waals surface area (Å²) < 4.78 is 60.7. The number of hydrogen-bond donors (Lipinski definition) is 0. The largest absolute Gasteiger partial charge is 0.501 e. The van der Waals surface area contributed by atoms with Crippen molar-refractivity contribution in [1.29, 1.82) is 0 Å². The highest BCUT2D eigenvalue weighted by atomic mass is 32.2. The molecular weight excluding hydrogens is 367 g/mol. The van der Waals surface area contributed by atoms with Crippen molar-refractivity contribution in [3.63, 3.8) is 0 Å². The van der Waals surface area contributed by atoms with Gasteiger partial charge in [0, 0.05) is 17.8 Å². The lowest BCUT2D eigenvalue weighted by Crippen LogP contribution is -2.36. The summed E-state index contributed by atoms with van der Waals surface area (Å²) in [5, 5.41) is 0. The minimum Gasteiger partial charge on any atom is -0.308 e. The number of fused-ring (bicyclic) bond motifs is 1. The highest BCUT2D eigenvalue weighted by Crippen LogP contribution is 2.36. The Morgan fingerprint density at radius 2 is 1.69 bits per heavy atom. The molecule has 1 aliphatic rings. The van der Waals surface area contributed by atoms with Crippen LogP contribution in [0.5, 0.6) is 0 Å². The van der Waals surface area contributed by atoms with E-state index in [0.29, 0.717) is 12.5 Å². The Hall–Kier alpha value is -2.35. The van der Waals surface area contributed by atoms with Crippen LogP contribution in [0.3, 0.4) is 0 Å². The summed E-state index contributed by atoms with van der Waals surface area (Å²) in [6.45, 7) is 2.55. The number of hydrogen-bond acceptors (Lipinski definition) is 3. The summed E-state index contributed by atoms with van der Waals surface area (Å²) in [4.78, 5) is 13.5. The van der Waals surface area contributed by atoms with Gasteiger partial charge >= 0.3 is 5.51 Å². The van der Waals surface area contributed by atoms with Crippen molar-refractivity contribution in [1.82, 2.24) is 0 Å². The van der Waals surface area contributed by atoms with Crippen molar-refractivity contribution in [2.24, 2.45) is 0 Å². The second-order valence-electron chi connectivity index (χ2n) is 6.18. The Bertz CT molecular complexity index is 937. The zero-order chi connectivity index (χ0) is 19.1. The molecule has 26 heavy (non-hydrogen) atoms. The SMILES string of the molecule is CC1CCN(C(=O)c2ccc(S(=O)(=O)C(F)(F)F)cc2)c2ccccc21. The van der Waals surface area contributed by atoms with Gasteiger partial charge in [0.1, 0.15) is 0 Å². The maximum Gasteiger partial charge on any atom is 0.501 e. The fourth-order valence-electron chi connectivity index (χ4n) is 3.03. The second kappa shape index (κ2) is 6.42. The van der Waals surface area contributed by atoms with Gasteiger partial charge in [0.2, 0.25) is 0 Å². The van der Waals surface area contributed by atoms with Crippen LogP contribution in [0.1, 0.15) is 35.2 Å². The van der Waals surface area contributed by atoms with Gasteiger partial charge in [-0.2, -0.15) is 13.2 Å². The molecule has 0 radical (unpaired) electrons. The topological polar surface area (TPSA) is 54.5 Å². The zero-order valence-electron chi connectivity index (χ0n) is 13.8. The summed E-state index contributed by atoms with van der Waals surface area (Å²) in [6.07, 6.45) is 0.767. The van der Waals surface area contributed by atoms with E-state index in [0.717, 1.165) is 41.9 Å². The standard InChI is InChI=1S/C18H16F3NO3S/c1-12-10-11-22(16-5-3-2-4-15(12)16)17(23)13-6-8-14(9-7-13)26(24,25)18(19,20)21/h2-9,12H,10-11H2,1H3. The first-order valence-electron chi connectivity index (χ1n) is 7.95. The van der Waals surface area contributed by atoms with Crippen LogP contribution in [-0.2, 0) is 9.84 Å². The number of halogens is 3. The number of amides is 1. The average Bonchev–Trinajstić information content (AvgIpc) is 2.61. The Labute approximate surface area is 149 Å². The first-order chi connectivity index (χ1) is 12.1. The Balaban J connectivity index is 1.92. The number of nitrogens with zero attached hydrogens (tertiary/aromatic N) is 1. The van der Waals surface area contributed by atoms with E-state index in [9.17, 15) is 26.4 Å². The van der Waals surface area contributed by atoms with Crippen molar-refractivity contribution >= 4 is 21.4 Å². The summed E-state index contributed by atoms with van der Waals surface area (Å²) in [5.41, 5.74) is -3.44. The van der Waals surface area contributed by atoms with E-state index < -0.39 is 20.2 Å². The molecule has 0 saturated heterocycles. The molecule has 138 valence electrons. The van der Waals surface area contributed by atoms with Gasteiger partial charge in [-0.25, -0.2) is 8.42 Å². The summed E-state index contributed by atoms with van der Waals surface area (Å²) in [5.74, 6) is -0.0742. The number of benzene rings is 2. The van der Waals surface area contributed by atoms with Crippen LogP contribution in [0.2, 0.25) is 0 Å². The fourth-order valence-corrected chi connectivity index (χ4v) is 3.79. The maximum absolute atomic E-state index is 12.8. The molecule has 2 aromatic carbocycles. The monoisotopic (exact) mass is 383 g/mol. The van der Waals surface area contributed by atoms with Gasteiger partial charge in [-0.1, -0.05) is 25.1 Å². The van der Waals surface area contributed by atoms with Crippen molar-refractivity contribution < 1.29 is 26.4 Å². The van der Waals surface area contributed by atoms with E-state index in [1.54, 1.807) is 4.90 Å². The molecule has 0 fully saturated rings. The van der Waals surface area contributed by atoms with Gasteiger partial charge in [-0.15, -0.1) is 0 Å². The van der Waals surface area contributed by atoms with Crippen LogP contribution in [0.15, 0.2) is 53.4 Å². The van der Waals surface area contributed by atoms with Crippen molar-refractivity contribution in [3.8, 4) is 0 Å². The Morgan fingerprint density at radius 1 is 1.08 bits per heavy atom. The predicted octanol–water partition coefficient (Wildman–Crippen LogP) is 4.13. The van der Waals surface area contributed by atoms with E-state index in [-0.39, 0.29) is 11.5 Å². The van der Waals surface area contributed by atoms with Crippen LogP contribution in [-0.4, -0.2) is 26.4 Å². The molecule has 0 aliphatic carbocycles. The molecule has 0 aromatic heterocycles. The first-order valence-corrected chi connectivity index (χ1v) is 9.43. The van der Waals surface area contributed by atoms with Crippen molar-refractivity contribution in [3.05, 3.63) is 59.7 Å². The number of para-hydroxylation sites is 1. The van der Waals surface area contributed by atoms with Gasteiger partial charge in [-0.05, 0) is 48.2 Å². The molecule has 1 unspecified atom stereocenters. The van der Waals surface area contributed by atoms with Crippen LogP contribution < -0.4 is 4.90 Å². The van der Waals surface area contributed by atoms with E-state index in [1.807, 2.05) is 24.3 Å². The molecule has 4 nitrogen and oxygen atoms in total. The van der Waals surface area contributed by atoms with Gasteiger partial charge in [-0.3, -0.25) is 4.79 Å². The number of carbonyl (C=O) groups excluding carboxylic acids is 1. The summed E-state index contributed by atoms with van der Waals surface area (Å²) >= 11 is 0. The molecule has 1 heterocycles. The molecule has 1 aliphatic heterocycles. The highest BCUT2D eigenvalue weighted by Gasteiger charge is 2.46. The van der Waals surface area contributed by atoms with Crippen molar-refractivity contribution in [2.75, 3.05) is 11.4 Å². The average molecular weight is 383 g/mol. The van der Waals surface area contributed by atoms with Crippen LogP contribution >= 0.6 is 0 Å². The van der Waals surface area contributed by atoms with Gasteiger partial charge in [0.05, 0.1) is 4.90 Å².